The molecule has 0 amide bonds. The maximum Gasteiger partial charge on any atom is 0.294 e. The van der Waals surface area contributed by atoms with Gasteiger partial charge in [-0.25, -0.2) is 15.1 Å². The molecule has 1 saturated heterocycles. The summed E-state index contributed by atoms with van der Waals surface area (Å²) in [6, 6.07) is 13.2. The van der Waals surface area contributed by atoms with Gasteiger partial charge in [0.1, 0.15) is 10.9 Å². The highest BCUT2D eigenvalue weighted by molar-refractivity contribution is 5.83. The summed E-state index contributed by atoms with van der Waals surface area (Å²) in [5, 5.41) is 22.0. The minimum Gasteiger partial charge on any atom is -0.468 e. The zero-order chi connectivity index (χ0) is 16.8. The van der Waals surface area contributed by atoms with E-state index in [1.54, 1.807) is 12.5 Å². The van der Waals surface area contributed by atoms with Gasteiger partial charge in [-0.3, -0.25) is 4.90 Å². The Hall–Kier alpha value is -3.20. The molecule has 0 bridgehead atoms. The molecule has 1 aliphatic heterocycles. The van der Waals surface area contributed by atoms with Crippen LogP contribution in [0.2, 0.25) is 0 Å². The molecule has 3 rings (SSSR count). The standard InChI is InChI=1S/C15H16N6O3/c22-21(23)18-15-16-11-19(10-14-7-4-8-24-14)12-20(15)17-9-13-5-2-1-3-6-13/h1-9H,10-12H2,(H,16,18)/b17-9+. The van der Waals surface area contributed by atoms with Crippen LogP contribution in [0.15, 0.2) is 63.3 Å². The van der Waals surface area contributed by atoms with Crippen LogP contribution in [0, 0.1) is 10.1 Å². The Morgan fingerprint density at radius 3 is 2.83 bits per heavy atom. The molecule has 0 saturated carbocycles. The van der Waals surface area contributed by atoms with Crippen molar-refractivity contribution in [1.29, 1.82) is 0 Å². The predicted molar refractivity (Wildman–Crippen MR) is 87.4 cm³/mol. The Morgan fingerprint density at radius 2 is 2.12 bits per heavy atom. The molecular weight excluding hydrogens is 312 g/mol. The minimum atomic E-state index is -0.741. The lowest BCUT2D eigenvalue weighted by atomic mass is 10.2. The third-order valence-corrected chi connectivity index (χ3v) is 3.32. The molecule has 0 radical (unpaired) electrons. The molecular formula is C15H16N6O3. The van der Waals surface area contributed by atoms with E-state index in [0.717, 1.165) is 11.3 Å². The fraction of sp³-hybridized carbons (Fsp3) is 0.200. The molecule has 2 heterocycles. The van der Waals surface area contributed by atoms with E-state index in [2.05, 4.69) is 15.5 Å². The van der Waals surface area contributed by atoms with Gasteiger partial charge >= 0.3 is 0 Å². The second-order valence-corrected chi connectivity index (χ2v) is 5.10. The van der Waals surface area contributed by atoms with E-state index >= 15 is 0 Å². The van der Waals surface area contributed by atoms with Crippen molar-refractivity contribution in [2.45, 2.75) is 6.54 Å². The van der Waals surface area contributed by atoms with Gasteiger partial charge in [-0.2, -0.15) is 5.10 Å². The third-order valence-electron chi connectivity index (χ3n) is 3.32. The van der Waals surface area contributed by atoms with Crippen LogP contribution in [-0.2, 0) is 6.54 Å². The van der Waals surface area contributed by atoms with Crippen LogP contribution in [0.5, 0.6) is 0 Å². The van der Waals surface area contributed by atoms with Gasteiger partial charge in [-0.1, -0.05) is 30.3 Å². The first-order valence-electron chi connectivity index (χ1n) is 7.29. The number of nitrogens with zero attached hydrogens (tertiary/aromatic N) is 5. The van der Waals surface area contributed by atoms with Crippen molar-refractivity contribution in [2.24, 2.45) is 10.2 Å². The van der Waals surface area contributed by atoms with Crippen molar-refractivity contribution in [2.75, 3.05) is 13.3 Å². The summed E-state index contributed by atoms with van der Waals surface area (Å²) in [5.41, 5.74) is 0.890. The van der Waals surface area contributed by atoms with Crippen LogP contribution in [-0.4, -0.2) is 40.5 Å². The Kier molecular flexibility index (Phi) is 4.82. The second kappa shape index (κ2) is 7.38. The van der Waals surface area contributed by atoms with Crippen molar-refractivity contribution < 1.29 is 9.45 Å². The van der Waals surface area contributed by atoms with Crippen LogP contribution >= 0.6 is 0 Å². The molecule has 1 N–H and O–H groups in total. The zero-order valence-corrected chi connectivity index (χ0v) is 12.8. The van der Waals surface area contributed by atoms with Crippen molar-refractivity contribution in [3.63, 3.8) is 0 Å². The van der Waals surface area contributed by atoms with E-state index in [4.69, 9.17) is 4.42 Å². The van der Waals surface area contributed by atoms with E-state index < -0.39 is 5.03 Å². The molecule has 9 heteroatoms. The summed E-state index contributed by atoms with van der Waals surface area (Å²) in [6.07, 6.45) is 3.24. The van der Waals surface area contributed by atoms with Crippen LogP contribution in [0.4, 0.5) is 0 Å². The van der Waals surface area contributed by atoms with Gasteiger partial charge in [0.25, 0.3) is 5.96 Å². The monoisotopic (exact) mass is 328 g/mol. The Morgan fingerprint density at radius 1 is 1.29 bits per heavy atom. The van der Waals surface area contributed by atoms with Gasteiger partial charge in [-0.05, 0) is 17.7 Å². The van der Waals surface area contributed by atoms with Gasteiger partial charge in [0.05, 0.1) is 32.4 Å². The van der Waals surface area contributed by atoms with E-state index in [1.165, 1.54) is 5.01 Å². The molecule has 0 aliphatic carbocycles. The summed E-state index contributed by atoms with van der Waals surface area (Å²) >= 11 is 0. The highest BCUT2D eigenvalue weighted by atomic mass is 16.7. The number of guanidine groups is 1. The molecule has 24 heavy (non-hydrogen) atoms. The SMILES string of the molecule is O=[N+]([O-])/N=C1\NCN(Cc2ccco2)CN1/N=C/c1ccccc1. The van der Waals surface area contributed by atoms with E-state index in [9.17, 15) is 10.1 Å². The first-order chi connectivity index (χ1) is 11.7. The van der Waals surface area contributed by atoms with Gasteiger partial charge in [0, 0.05) is 0 Å². The maximum absolute atomic E-state index is 10.7. The molecule has 124 valence electrons. The van der Waals surface area contributed by atoms with E-state index in [-0.39, 0.29) is 5.96 Å². The fourth-order valence-corrected chi connectivity index (χ4v) is 2.24. The summed E-state index contributed by atoms with van der Waals surface area (Å²) in [6.45, 7) is 1.32. The summed E-state index contributed by atoms with van der Waals surface area (Å²) in [5.74, 6) is 0.904. The lowest BCUT2D eigenvalue weighted by molar-refractivity contribution is -0.486. The van der Waals surface area contributed by atoms with E-state index in [0.29, 0.717) is 19.9 Å². The number of hydrogen-bond donors (Lipinski definition) is 1. The van der Waals surface area contributed by atoms with Crippen molar-refractivity contribution in [3.8, 4) is 0 Å². The summed E-state index contributed by atoms with van der Waals surface area (Å²) in [7, 11) is 0. The first-order valence-corrected chi connectivity index (χ1v) is 7.29. The second-order valence-electron chi connectivity index (χ2n) is 5.10. The number of rotatable bonds is 5. The minimum absolute atomic E-state index is 0.0999. The third kappa shape index (κ3) is 4.17. The molecule has 0 atom stereocenters. The Balaban J connectivity index is 1.74. The number of benzene rings is 1. The van der Waals surface area contributed by atoms with Crippen molar-refractivity contribution >= 4 is 12.2 Å². The van der Waals surface area contributed by atoms with Crippen LogP contribution in [0.1, 0.15) is 11.3 Å². The lowest BCUT2D eigenvalue weighted by Gasteiger charge is -2.33. The summed E-state index contributed by atoms with van der Waals surface area (Å²) < 4.78 is 5.33. The quantitative estimate of drug-likeness (QED) is 0.507. The van der Waals surface area contributed by atoms with Gasteiger partial charge in [0.15, 0.2) is 5.03 Å². The average Bonchev–Trinajstić information content (AvgIpc) is 3.08. The van der Waals surface area contributed by atoms with Gasteiger partial charge in [0.2, 0.25) is 0 Å². The predicted octanol–water partition coefficient (Wildman–Crippen LogP) is 1.48. The topological polar surface area (TPSA) is 99.5 Å². The van der Waals surface area contributed by atoms with Crippen molar-refractivity contribution in [3.05, 3.63) is 70.2 Å². The van der Waals surface area contributed by atoms with Crippen molar-refractivity contribution in [1.82, 2.24) is 15.2 Å². The number of hydrazone groups is 2. The van der Waals surface area contributed by atoms with Crippen LogP contribution in [0.3, 0.4) is 0 Å². The summed E-state index contributed by atoms with van der Waals surface area (Å²) in [4.78, 5) is 12.7. The lowest BCUT2D eigenvalue weighted by Crippen LogP contribution is -2.54. The van der Waals surface area contributed by atoms with E-state index in [1.807, 2.05) is 47.4 Å². The molecule has 9 nitrogen and oxygen atoms in total. The molecule has 1 aromatic heterocycles. The molecule has 1 aromatic carbocycles. The highest BCUT2D eigenvalue weighted by Crippen LogP contribution is 2.09. The molecule has 0 spiro atoms. The number of hydrogen-bond acceptors (Lipinski definition) is 5. The zero-order valence-electron chi connectivity index (χ0n) is 12.8. The molecule has 2 aromatic rings. The molecule has 1 aliphatic rings. The normalized spacial score (nSPS) is 17.3. The number of furan rings is 1. The smallest absolute Gasteiger partial charge is 0.294 e. The number of nitro groups is 1. The molecule has 0 unspecified atom stereocenters. The van der Waals surface area contributed by atoms with Gasteiger partial charge < -0.3 is 9.73 Å². The molecule has 1 fully saturated rings. The van der Waals surface area contributed by atoms with Crippen LogP contribution in [0.25, 0.3) is 0 Å². The number of nitrogens with one attached hydrogen (secondary N) is 1. The Labute approximate surface area is 138 Å². The first kappa shape index (κ1) is 15.7. The maximum atomic E-state index is 10.7. The fourth-order valence-electron chi connectivity index (χ4n) is 2.24. The largest absolute Gasteiger partial charge is 0.468 e. The van der Waals surface area contributed by atoms with Gasteiger partial charge in [-0.15, -0.1) is 0 Å². The Bertz CT molecular complexity index is 729. The average molecular weight is 328 g/mol. The highest BCUT2D eigenvalue weighted by Gasteiger charge is 2.24. The van der Waals surface area contributed by atoms with Crippen LogP contribution < -0.4 is 5.32 Å².